The molecule has 31 heavy (non-hydrogen) atoms. The molecule has 8 heteroatoms. The third kappa shape index (κ3) is 5.37. The Bertz CT molecular complexity index is 953. The maximum atomic E-state index is 13.2. The van der Waals surface area contributed by atoms with E-state index in [1.165, 1.54) is 17.9 Å². The van der Waals surface area contributed by atoms with Gasteiger partial charge in [-0.3, -0.25) is 14.3 Å². The fraction of sp³-hybridized carbons (Fsp3) is 0.435. The number of aryl methyl sites for hydroxylation is 1. The lowest BCUT2D eigenvalue weighted by Gasteiger charge is -2.29. The van der Waals surface area contributed by atoms with Crippen molar-refractivity contribution in [1.29, 1.82) is 0 Å². The van der Waals surface area contributed by atoms with Crippen LogP contribution in [0.4, 0.5) is 14.5 Å². The number of nitrogens with zero attached hydrogens (tertiary/aromatic N) is 2. The highest BCUT2D eigenvalue weighted by atomic mass is 19.3. The molecule has 1 fully saturated rings. The summed E-state index contributed by atoms with van der Waals surface area (Å²) in [6, 6.07) is 7.30. The van der Waals surface area contributed by atoms with Crippen LogP contribution in [0.3, 0.4) is 0 Å². The number of hydrogen-bond donors (Lipinski definition) is 1. The molecule has 1 amide bonds. The Hall–Kier alpha value is -3.03. The fourth-order valence-corrected chi connectivity index (χ4v) is 4.00. The first kappa shape index (κ1) is 22.7. The SMILES string of the molecule is C=C(CC)c1ccc(C(=O)[C@@H]2CCCC[C@H]2C(=O)Nc2cn(C)nc2OC(F)F)cc1. The molecule has 1 aliphatic rings. The van der Waals surface area contributed by atoms with Crippen molar-refractivity contribution < 1.29 is 23.1 Å². The van der Waals surface area contributed by atoms with E-state index < -0.39 is 18.4 Å². The van der Waals surface area contributed by atoms with E-state index in [4.69, 9.17) is 0 Å². The van der Waals surface area contributed by atoms with Crippen LogP contribution in [0.1, 0.15) is 54.9 Å². The fourth-order valence-electron chi connectivity index (χ4n) is 4.00. The number of allylic oxidation sites excluding steroid dienone is 1. The van der Waals surface area contributed by atoms with Gasteiger partial charge >= 0.3 is 6.61 Å². The van der Waals surface area contributed by atoms with Crippen LogP contribution in [-0.2, 0) is 11.8 Å². The molecule has 0 unspecified atom stereocenters. The molecule has 0 spiro atoms. The van der Waals surface area contributed by atoms with Crippen molar-refractivity contribution in [3.63, 3.8) is 0 Å². The molecule has 3 rings (SSSR count). The standard InChI is InChI=1S/C23H27F2N3O3/c1-4-14(2)15-9-11-16(12-10-15)20(29)17-7-5-6-8-18(17)21(30)26-19-13-28(3)27-22(19)31-23(24)25/h9-13,17-18,23H,2,4-8H2,1,3H3,(H,26,30)/t17-,18-/m1/s1. The molecule has 6 nitrogen and oxygen atoms in total. The third-order valence-electron chi connectivity index (χ3n) is 5.70. The number of carbonyl (C=O) groups excluding carboxylic acids is 2. The lowest BCUT2D eigenvalue weighted by Crippen LogP contribution is -2.36. The van der Waals surface area contributed by atoms with Crippen LogP contribution in [0.15, 0.2) is 37.0 Å². The Kier molecular flexibility index (Phi) is 7.20. The summed E-state index contributed by atoms with van der Waals surface area (Å²) >= 11 is 0. The molecule has 0 bridgehead atoms. The maximum absolute atomic E-state index is 13.2. The van der Waals surface area contributed by atoms with Crippen LogP contribution in [0.5, 0.6) is 5.88 Å². The van der Waals surface area contributed by atoms with Gasteiger partial charge in [-0.1, -0.05) is 50.6 Å². The van der Waals surface area contributed by atoms with Crippen molar-refractivity contribution in [1.82, 2.24) is 9.78 Å². The zero-order valence-electron chi connectivity index (χ0n) is 17.7. The van der Waals surface area contributed by atoms with Crippen molar-refractivity contribution in [3.8, 4) is 5.88 Å². The van der Waals surface area contributed by atoms with Crippen molar-refractivity contribution in [3.05, 3.63) is 48.2 Å². The Morgan fingerprint density at radius 3 is 2.42 bits per heavy atom. The van der Waals surface area contributed by atoms with E-state index in [1.807, 2.05) is 19.1 Å². The van der Waals surface area contributed by atoms with Gasteiger partial charge < -0.3 is 10.1 Å². The Labute approximate surface area is 180 Å². The molecule has 0 radical (unpaired) electrons. The van der Waals surface area contributed by atoms with Gasteiger partial charge in [0.25, 0.3) is 5.88 Å². The molecule has 1 saturated carbocycles. The molecular weight excluding hydrogens is 404 g/mol. The quantitative estimate of drug-likeness (QED) is 0.592. The minimum absolute atomic E-state index is 0.0620. The number of nitrogens with one attached hydrogen (secondary N) is 1. The van der Waals surface area contributed by atoms with Crippen molar-refractivity contribution in [2.75, 3.05) is 5.32 Å². The minimum Gasteiger partial charge on any atom is -0.413 e. The summed E-state index contributed by atoms with van der Waals surface area (Å²) in [6.45, 7) is 2.97. The predicted molar refractivity (Wildman–Crippen MR) is 114 cm³/mol. The van der Waals surface area contributed by atoms with Crippen LogP contribution >= 0.6 is 0 Å². The Morgan fingerprint density at radius 2 is 1.81 bits per heavy atom. The van der Waals surface area contributed by atoms with Gasteiger partial charge in [-0.05, 0) is 30.4 Å². The summed E-state index contributed by atoms with van der Waals surface area (Å²) in [6.07, 6.45) is 5.06. The van der Waals surface area contributed by atoms with E-state index in [0.717, 1.165) is 30.4 Å². The average Bonchev–Trinajstić information content (AvgIpc) is 3.10. The molecule has 0 aliphatic heterocycles. The second-order valence-electron chi connectivity index (χ2n) is 7.79. The summed E-state index contributed by atoms with van der Waals surface area (Å²) < 4.78 is 30.9. The third-order valence-corrected chi connectivity index (χ3v) is 5.70. The predicted octanol–water partition coefficient (Wildman–Crippen LogP) is 5.07. The first-order valence-corrected chi connectivity index (χ1v) is 10.4. The van der Waals surface area contributed by atoms with Crippen molar-refractivity contribution in [2.24, 2.45) is 18.9 Å². The van der Waals surface area contributed by atoms with Crippen LogP contribution in [-0.4, -0.2) is 28.1 Å². The van der Waals surface area contributed by atoms with Gasteiger partial charge in [0.2, 0.25) is 5.91 Å². The number of aromatic nitrogens is 2. The smallest absolute Gasteiger partial charge is 0.388 e. The topological polar surface area (TPSA) is 73.2 Å². The molecular formula is C23H27F2N3O3. The van der Waals surface area contributed by atoms with Crippen molar-refractivity contribution >= 4 is 23.0 Å². The number of ether oxygens (including phenoxy) is 1. The number of carbonyl (C=O) groups is 2. The summed E-state index contributed by atoms with van der Waals surface area (Å²) in [5.41, 5.74) is 2.60. The highest BCUT2D eigenvalue weighted by Crippen LogP contribution is 2.35. The second kappa shape index (κ2) is 9.85. The van der Waals surface area contributed by atoms with Gasteiger partial charge in [0.15, 0.2) is 5.78 Å². The van der Waals surface area contributed by atoms with E-state index in [0.29, 0.717) is 18.4 Å². The van der Waals surface area contributed by atoms with Gasteiger partial charge in [0.1, 0.15) is 5.69 Å². The Balaban J connectivity index is 1.76. The molecule has 166 valence electrons. The van der Waals surface area contributed by atoms with E-state index in [1.54, 1.807) is 12.1 Å². The van der Waals surface area contributed by atoms with Crippen LogP contribution in [0.2, 0.25) is 0 Å². The lowest BCUT2D eigenvalue weighted by molar-refractivity contribution is -0.122. The van der Waals surface area contributed by atoms with Gasteiger partial charge in [-0.15, -0.1) is 5.10 Å². The number of ketones is 1. The van der Waals surface area contributed by atoms with Gasteiger partial charge in [-0.2, -0.15) is 8.78 Å². The average molecular weight is 431 g/mol. The van der Waals surface area contributed by atoms with Crippen molar-refractivity contribution in [2.45, 2.75) is 45.6 Å². The summed E-state index contributed by atoms with van der Waals surface area (Å²) in [5, 5.41) is 6.44. The molecule has 1 aromatic carbocycles. The minimum atomic E-state index is -3.05. The number of rotatable bonds is 8. The molecule has 1 N–H and O–H groups in total. The number of halogens is 2. The summed E-state index contributed by atoms with van der Waals surface area (Å²) in [4.78, 5) is 26.2. The first-order valence-electron chi connectivity index (χ1n) is 10.4. The highest BCUT2D eigenvalue weighted by Gasteiger charge is 2.36. The molecule has 2 aromatic rings. The number of benzene rings is 1. The number of hydrogen-bond acceptors (Lipinski definition) is 4. The number of Topliss-reactive ketones (excluding diaryl/α,β-unsaturated/α-hetero) is 1. The number of amides is 1. The highest BCUT2D eigenvalue weighted by molar-refractivity contribution is 6.03. The van der Waals surface area contributed by atoms with Crippen LogP contribution < -0.4 is 10.1 Å². The van der Waals surface area contributed by atoms with Gasteiger partial charge in [-0.25, -0.2) is 0 Å². The molecule has 0 saturated heterocycles. The van der Waals surface area contributed by atoms with E-state index >= 15 is 0 Å². The zero-order chi connectivity index (χ0) is 22.5. The summed E-state index contributed by atoms with van der Waals surface area (Å²) in [5.74, 6) is -1.84. The van der Waals surface area contributed by atoms with Gasteiger partial charge in [0.05, 0.1) is 6.20 Å². The number of alkyl halides is 2. The monoisotopic (exact) mass is 431 g/mol. The van der Waals surface area contributed by atoms with E-state index in [-0.39, 0.29) is 23.3 Å². The Morgan fingerprint density at radius 1 is 1.19 bits per heavy atom. The lowest BCUT2D eigenvalue weighted by atomic mass is 9.75. The number of anilines is 1. The van der Waals surface area contributed by atoms with Gasteiger partial charge in [0, 0.05) is 24.4 Å². The van der Waals surface area contributed by atoms with E-state index in [9.17, 15) is 18.4 Å². The van der Waals surface area contributed by atoms with Crippen LogP contribution in [0, 0.1) is 11.8 Å². The normalized spacial score (nSPS) is 18.6. The molecule has 1 heterocycles. The zero-order valence-corrected chi connectivity index (χ0v) is 17.7. The molecule has 1 aromatic heterocycles. The largest absolute Gasteiger partial charge is 0.413 e. The van der Waals surface area contributed by atoms with E-state index in [2.05, 4.69) is 21.7 Å². The first-order chi connectivity index (χ1) is 14.8. The van der Waals surface area contributed by atoms with Crippen LogP contribution in [0.25, 0.3) is 5.57 Å². The molecule has 2 atom stereocenters. The molecule has 1 aliphatic carbocycles. The second-order valence-corrected chi connectivity index (χ2v) is 7.79. The maximum Gasteiger partial charge on any atom is 0.388 e. The summed E-state index contributed by atoms with van der Waals surface area (Å²) in [7, 11) is 1.54.